The molecule has 1 amide bonds. The van der Waals surface area contributed by atoms with Gasteiger partial charge in [-0.25, -0.2) is 13.2 Å². The number of rotatable bonds is 2. The molecule has 128 valence electrons. The van der Waals surface area contributed by atoms with Crippen molar-refractivity contribution in [3.8, 4) is 0 Å². The zero-order chi connectivity index (χ0) is 16.8. The average molecular weight is 333 g/mol. The first-order valence-electron chi connectivity index (χ1n) is 7.80. The number of hydrogen-bond acceptors (Lipinski definition) is 5. The van der Waals surface area contributed by atoms with E-state index in [0.717, 1.165) is 12.8 Å². The summed E-state index contributed by atoms with van der Waals surface area (Å²) >= 11 is 0. The van der Waals surface area contributed by atoms with Crippen molar-refractivity contribution in [3.63, 3.8) is 0 Å². The molecule has 6 nitrogen and oxygen atoms in total. The van der Waals surface area contributed by atoms with Gasteiger partial charge >= 0.3 is 6.09 Å². The van der Waals surface area contributed by atoms with Crippen molar-refractivity contribution in [2.24, 2.45) is 5.92 Å². The van der Waals surface area contributed by atoms with Crippen molar-refractivity contribution < 1.29 is 23.1 Å². The Bertz CT molecular complexity index is 531. The third kappa shape index (κ3) is 3.93. The monoisotopic (exact) mass is 333 g/mol. The molecule has 0 aromatic rings. The number of nitrogens with zero attached hydrogens (tertiary/aromatic N) is 1. The van der Waals surface area contributed by atoms with Crippen molar-refractivity contribution in [1.29, 1.82) is 0 Å². The Labute approximate surface area is 132 Å². The van der Waals surface area contributed by atoms with Crippen molar-refractivity contribution in [2.45, 2.75) is 62.9 Å². The van der Waals surface area contributed by atoms with E-state index < -0.39 is 27.1 Å². The number of β-amino-alcohol motifs (C(OH)–C–C–N with tert-alkyl or cyclic N) is 1. The first-order valence-corrected chi connectivity index (χ1v) is 9.75. The van der Waals surface area contributed by atoms with Crippen LogP contribution >= 0.6 is 0 Å². The lowest BCUT2D eigenvalue weighted by Gasteiger charge is -2.52. The van der Waals surface area contributed by atoms with Gasteiger partial charge in [-0.2, -0.15) is 0 Å². The Morgan fingerprint density at radius 3 is 2.36 bits per heavy atom. The van der Waals surface area contributed by atoms with Crippen LogP contribution in [0.5, 0.6) is 0 Å². The number of aliphatic hydroxyl groups is 1. The van der Waals surface area contributed by atoms with Gasteiger partial charge in [0.1, 0.15) is 21.0 Å². The van der Waals surface area contributed by atoms with E-state index in [4.69, 9.17) is 4.74 Å². The van der Waals surface area contributed by atoms with Gasteiger partial charge in [-0.3, -0.25) is 0 Å². The molecule has 0 spiro atoms. The lowest BCUT2D eigenvalue weighted by molar-refractivity contribution is -0.138. The summed E-state index contributed by atoms with van der Waals surface area (Å²) in [6.07, 6.45) is 3.60. The van der Waals surface area contributed by atoms with Gasteiger partial charge in [-0.1, -0.05) is 6.42 Å². The van der Waals surface area contributed by atoms with Crippen molar-refractivity contribution >= 4 is 15.9 Å². The maximum Gasteiger partial charge on any atom is 0.410 e. The minimum absolute atomic E-state index is 0.0698. The van der Waals surface area contributed by atoms with Crippen molar-refractivity contribution in [1.82, 2.24) is 4.90 Å². The largest absolute Gasteiger partial charge is 0.444 e. The van der Waals surface area contributed by atoms with Crippen LogP contribution < -0.4 is 0 Å². The average Bonchev–Trinajstić information content (AvgIpc) is 2.32. The molecule has 1 saturated carbocycles. The van der Waals surface area contributed by atoms with Crippen molar-refractivity contribution in [2.75, 3.05) is 19.3 Å². The lowest BCUT2D eigenvalue weighted by atomic mass is 9.73. The number of carbonyl (C=O) groups excluding carboxylic acids is 1. The van der Waals surface area contributed by atoms with Crippen LogP contribution in [0.15, 0.2) is 0 Å². The molecule has 1 aliphatic carbocycles. The van der Waals surface area contributed by atoms with E-state index in [-0.39, 0.29) is 24.3 Å². The SMILES string of the molecule is CC(C)(C)OC(=O)N1CC(O)(C2CCCC(S(C)(=O)=O)C2)C1. The number of ether oxygens (including phenoxy) is 1. The standard InChI is InChI=1S/C15H27NO5S/c1-14(2,3)21-13(17)16-9-15(18,10-16)11-6-5-7-12(8-11)22(4,19)20/h11-12,18H,5-10H2,1-4H3. The van der Waals surface area contributed by atoms with Crippen LogP contribution in [-0.2, 0) is 14.6 Å². The topological polar surface area (TPSA) is 83.9 Å². The summed E-state index contributed by atoms with van der Waals surface area (Å²) in [5, 5.41) is 10.3. The van der Waals surface area contributed by atoms with Crippen LogP contribution in [0, 0.1) is 5.92 Å². The van der Waals surface area contributed by atoms with E-state index in [0.29, 0.717) is 12.8 Å². The molecule has 2 atom stereocenters. The second-order valence-electron chi connectivity index (χ2n) is 7.76. The number of carbonyl (C=O) groups is 1. The highest BCUT2D eigenvalue weighted by Crippen LogP contribution is 2.40. The fraction of sp³-hybridized carbons (Fsp3) is 0.933. The minimum Gasteiger partial charge on any atom is -0.444 e. The predicted molar refractivity (Wildman–Crippen MR) is 83.3 cm³/mol. The Morgan fingerprint density at radius 1 is 1.27 bits per heavy atom. The number of amides is 1. The lowest BCUT2D eigenvalue weighted by Crippen LogP contribution is -2.68. The quantitative estimate of drug-likeness (QED) is 0.829. The molecule has 1 aliphatic heterocycles. The Kier molecular flexibility index (Phi) is 4.52. The summed E-state index contributed by atoms with van der Waals surface area (Å²) in [4.78, 5) is 13.4. The van der Waals surface area contributed by atoms with Gasteiger partial charge in [0.05, 0.1) is 18.3 Å². The zero-order valence-corrected chi connectivity index (χ0v) is 14.6. The van der Waals surface area contributed by atoms with Crippen LogP contribution in [0.1, 0.15) is 46.5 Å². The van der Waals surface area contributed by atoms with Crippen LogP contribution in [-0.4, -0.2) is 60.3 Å². The van der Waals surface area contributed by atoms with Gasteiger partial charge in [-0.05, 0) is 46.0 Å². The first kappa shape index (κ1) is 17.5. The normalized spacial score (nSPS) is 28.9. The first-order chi connectivity index (χ1) is 9.91. The minimum atomic E-state index is -3.07. The third-order valence-electron chi connectivity index (χ3n) is 4.57. The van der Waals surface area contributed by atoms with Crippen LogP contribution in [0.4, 0.5) is 4.79 Å². The summed E-state index contributed by atoms with van der Waals surface area (Å²) in [6.45, 7) is 5.85. The molecule has 0 aromatic carbocycles. The molecule has 2 unspecified atom stereocenters. The van der Waals surface area contributed by atoms with Crippen LogP contribution in [0.3, 0.4) is 0 Å². The molecule has 1 saturated heterocycles. The van der Waals surface area contributed by atoms with Gasteiger partial charge < -0.3 is 14.7 Å². The highest BCUT2D eigenvalue weighted by Gasteiger charge is 2.51. The summed E-state index contributed by atoms with van der Waals surface area (Å²) in [5.74, 6) is -0.0698. The van der Waals surface area contributed by atoms with Crippen LogP contribution in [0.25, 0.3) is 0 Å². The fourth-order valence-corrected chi connectivity index (χ4v) is 4.53. The van der Waals surface area contributed by atoms with E-state index >= 15 is 0 Å². The van der Waals surface area contributed by atoms with E-state index in [2.05, 4.69) is 0 Å². The van der Waals surface area contributed by atoms with Gasteiger partial charge in [0.15, 0.2) is 0 Å². The molecule has 1 heterocycles. The summed E-state index contributed by atoms with van der Waals surface area (Å²) in [6, 6.07) is 0. The van der Waals surface area contributed by atoms with Gasteiger partial charge in [0.25, 0.3) is 0 Å². The van der Waals surface area contributed by atoms with E-state index in [9.17, 15) is 18.3 Å². The Morgan fingerprint density at radius 2 is 1.86 bits per heavy atom. The maximum atomic E-state index is 11.9. The second kappa shape index (κ2) is 5.67. The molecular formula is C15H27NO5S. The molecule has 2 rings (SSSR count). The highest BCUT2D eigenvalue weighted by molar-refractivity contribution is 7.91. The second-order valence-corrected chi connectivity index (χ2v) is 10.1. The fourth-order valence-electron chi connectivity index (χ4n) is 3.35. The van der Waals surface area contributed by atoms with E-state index in [1.165, 1.54) is 11.2 Å². The number of sulfone groups is 1. The van der Waals surface area contributed by atoms with Gasteiger partial charge in [0, 0.05) is 6.26 Å². The molecule has 0 radical (unpaired) electrons. The molecule has 1 N–H and O–H groups in total. The molecule has 0 bridgehead atoms. The third-order valence-corrected chi connectivity index (χ3v) is 6.21. The number of hydrogen-bond donors (Lipinski definition) is 1. The number of likely N-dealkylation sites (tertiary alicyclic amines) is 1. The zero-order valence-electron chi connectivity index (χ0n) is 13.8. The predicted octanol–water partition coefficient (Wildman–Crippen LogP) is 1.57. The summed E-state index contributed by atoms with van der Waals surface area (Å²) < 4.78 is 28.7. The van der Waals surface area contributed by atoms with E-state index in [1.54, 1.807) is 20.8 Å². The van der Waals surface area contributed by atoms with E-state index in [1.807, 2.05) is 0 Å². The molecule has 0 aromatic heterocycles. The smallest absolute Gasteiger partial charge is 0.410 e. The molecule has 7 heteroatoms. The molecule has 2 aliphatic rings. The van der Waals surface area contributed by atoms with Gasteiger partial charge in [-0.15, -0.1) is 0 Å². The Hall–Kier alpha value is -0.820. The summed E-state index contributed by atoms with van der Waals surface area (Å²) in [7, 11) is -3.07. The highest BCUT2D eigenvalue weighted by atomic mass is 32.2. The Balaban J connectivity index is 1.93. The van der Waals surface area contributed by atoms with Crippen LogP contribution in [0.2, 0.25) is 0 Å². The van der Waals surface area contributed by atoms with Gasteiger partial charge in [0.2, 0.25) is 0 Å². The van der Waals surface area contributed by atoms with Crippen molar-refractivity contribution in [3.05, 3.63) is 0 Å². The summed E-state index contributed by atoms with van der Waals surface area (Å²) in [5.41, 5.74) is -1.53. The molecule has 22 heavy (non-hydrogen) atoms. The maximum absolute atomic E-state index is 11.9. The molecule has 2 fully saturated rings. The molecular weight excluding hydrogens is 306 g/mol.